The maximum absolute atomic E-state index is 12.9. The quantitative estimate of drug-likeness (QED) is 0.790. The van der Waals surface area contributed by atoms with Crippen LogP contribution in [-0.4, -0.2) is 44.0 Å². The van der Waals surface area contributed by atoms with Crippen molar-refractivity contribution in [3.05, 3.63) is 47.7 Å². The number of allylic oxidation sites excluding steroid dienone is 2. The second-order valence-corrected chi connectivity index (χ2v) is 9.48. The Kier molecular flexibility index (Phi) is 5.97. The molecule has 0 radical (unpaired) electrons. The van der Waals surface area contributed by atoms with E-state index in [2.05, 4.69) is 10.3 Å². The smallest absolute Gasteiger partial charge is 0.351 e. The summed E-state index contributed by atoms with van der Waals surface area (Å²) in [5.41, 5.74) is 2.48. The zero-order chi connectivity index (χ0) is 21.2. The van der Waals surface area contributed by atoms with E-state index in [0.717, 1.165) is 17.4 Å². The molecule has 1 atom stereocenters. The van der Waals surface area contributed by atoms with Gasteiger partial charge in [-0.2, -0.15) is 13.2 Å². The van der Waals surface area contributed by atoms with Crippen LogP contribution in [0.4, 0.5) is 13.2 Å². The molecule has 1 heterocycles. The first-order valence-electron chi connectivity index (χ1n) is 9.15. The SMILES string of the molecule is CS(=O)(=O)CCNC(=O)c1cnc2cccc(C3=CCC(C(F)(F)F)CC3)c2c1. The van der Waals surface area contributed by atoms with E-state index in [0.29, 0.717) is 17.3 Å². The van der Waals surface area contributed by atoms with Crippen LogP contribution < -0.4 is 5.32 Å². The standard InChI is InChI=1S/C20H21F3N2O3S/c1-29(27,28)10-9-24-19(26)14-11-17-16(3-2-4-18(17)25-12-14)13-5-7-15(8-6-13)20(21,22)23/h2-5,11-12,15H,6-10H2,1H3,(H,24,26). The number of carbonyl (C=O) groups excluding carboxylic acids is 1. The molecule has 5 nitrogen and oxygen atoms in total. The van der Waals surface area contributed by atoms with E-state index in [9.17, 15) is 26.4 Å². The molecule has 1 aromatic heterocycles. The average molecular weight is 426 g/mol. The highest BCUT2D eigenvalue weighted by molar-refractivity contribution is 7.90. The molecule has 1 aromatic carbocycles. The average Bonchev–Trinajstić information content (AvgIpc) is 2.65. The van der Waals surface area contributed by atoms with Crippen molar-refractivity contribution in [2.24, 2.45) is 5.92 Å². The second-order valence-electron chi connectivity index (χ2n) is 7.22. The monoisotopic (exact) mass is 426 g/mol. The molecule has 1 unspecified atom stereocenters. The molecule has 1 aliphatic carbocycles. The lowest BCUT2D eigenvalue weighted by molar-refractivity contribution is -0.175. The molecule has 1 amide bonds. The topological polar surface area (TPSA) is 76.1 Å². The van der Waals surface area contributed by atoms with Crippen molar-refractivity contribution in [1.82, 2.24) is 10.3 Å². The van der Waals surface area contributed by atoms with Gasteiger partial charge in [0.15, 0.2) is 0 Å². The van der Waals surface area contributed by atoms with Gasteiger partial charge in [-0.25, -0.2) is 8.42 Å². The van der Waals surface area contributed by atoms with Gasteiger partial charge < -0.3 is 5.32 Å². The highest BCUT2D eigenvalue weighted by atomic mass is 32.2. The molecule has 1 N–H and O–H groups in total. The Morgan fingerprint density at radius 3 is 2.69 bits per heavy atom. The Morgan fingerprint density at radius 1 is 1.31 bits per heavy atom. The van der Waals surface area contributed by atoms with Gasteiger partial charge in [-0.3, -0.25) is 9.78 Å². The summed E-state index contributed by atoms with van der Waals surface area (Å²) < 4.78 is 61.1. The number of hydrogen-bond acceptors (Lipinski definition) is 4. The summed E-state index contributed by atoms with van der Waals surface area (Å²) in [5, 5.41) is 3.22. The zero-order valence-electron chi connectivity index (χ0n) is 15.8. The van der Waals surface area contributed by atoms with Gasteiger partial charge in [-0.15, -0.1) is 0 Å². The molecule has 156 valence electrons. The van der Waals surface area contributed by atoms with Gasteiger partial charge in [0.05, 0.1) is 22.8 Å². The van der Waals surface area contributed by atoms with Crippen molar-refractivity contribution in [2.75, 3.05) is 18.6 Å². The number of fused-ring (bicyclic) bond motifs is 1. The summed E-state index contributed by atoms with van der Waals surface area (Å²) >= 11 is 0. The molecular formula is C20H21F3N2O3S. The minimum absolute atomic E-state index is 0.0126. The fraction of sp³-hybridized carbons (Fsp3) is 0.400. The van der Waals surface area contributed by atoms with Gasteiger partial charge in [-0.1, -0.05) is 18.2 Å². The number of amides is 1. The predicted molar refractivity (Wildman–Crippen MR) is 105 cm³/mol. The van der Waals surface area contributed by atoms with E-state index < -0.39 is 27.8 Å². The third kappa shape index (κ3) is 5.35. The van der Waals surface area contributed by atoms with Gasteiger partial charge in [0.2, 0.25) is 0 Å². The molecule has 0 saturated heterocycles. The number of nitrogens with zero attached hydrogens (tertiary/aromatic N) is 1. The third-order valence-corrected chi connectivity index (χ3v) is 5.91. The van der Waals surface area contributed by atoms with Crippen molar-refractivity contribution in [3.63, 3.8) is 0 Å². The Morgan fingerprint density at radius 2 is 2.07 bits per heavy atom. The lowest BCUT2D eigenvalue weighted by Gasteiger charge is -2.24. The maximum atomic E-state index is 12.9. The number of alkyl halides is 3. The van der Waals surface area contributed by atoms with Crippen molar-refractivity contribution < 1.29 is 26.4 Å². The molecule has 0 aliphatic heterocycles. The van der Waals surface area contributed by atoms with E-state index in [1.807, 2.05) is 6.07 Å². The molecule has 0 fully saturated rings. The maximum Gasteiger partial charge on any atom is 0.392 e. The lowest BCUT2D eigenvalue weighted by atomic mass is 9.85. The first-order valence-corrected chi connectivity index (χ1v) is 11.2. The molecule has 29 heavy (non-hydrogen) atoms. The zero-order valence-corrected chi connectivity index (χ0v) is 16.6. The summed E-state index contributed by atoms with van der Waals surface area (Å²) in [6.45, 7) is -0.0126. The van der Waals surface area contributed by atoms with Crippen LogP contribution in [0.5, 0.6) is 0 Å². The van der Waals surface area contributed by atoms with Gasteiger partial charge in [0, 0.05) is 24.4 Å². The molecule has 0 spiro atoms. The minimum Gasteiger partial charge on any atom is -0.351 e. The highest BCUT2D eigenvalue weighted by Crippen LogP contribution is 2.40. The van der Waals surface area contributed by atoms with Crippen molar-refractivity contribution >= 4 is 32.2 Å². The van der Waals surface area contributed by atoms with Crippen LogP contribution in [0.15, 0.2) is 36.5 Å². The predicted octanol–water partition coefficient (Wildman–Crippen LogP) is 3.76. The van der Waals surface area contributed by atoms with Gasteiger partial charge in [-0.05, 0) is 42.5 Å². The van der Waals surface area contributed by atoms with Crippen LogP contribution in [0, 0.1) is 5.92 Å². The van der Waals surface area contributed by atoms with Crippen LogP contribution in [0.3, 0.4) is 0 Å². The van der Waals surface area contributed by atoms with Crippen molar-refractivity contribution in [2.45, 2.75) is 25.4 Å². The molecule has 1 aliphatic rings. The minimum atomic E-state index is -4.19. The lowest BCUT2D eigenvalue weighted by Crippen LogP contribution is -2.28. The van der Waals surface area contributed by atoms with E-state index >= 15 is 0 Å². The van der Waals surface area contributed by atoms with Gasteiger partial charge in [0.25, 0.3) is 5.91 Å². The van der Waals surface area contributed by atoms with Crippen LogP contribution in [0.25, 0.3) is 16.5 Å². The largest absolute Gasteiger partial charge is 0.392 e. The summed E-state index contributed by atoms with van der Waals surface area (Å²) in [6, 6.07) is 7.01. The van der Waals surface area contributed by atoms with Crippen LogP contribution in [0.2, 0.25) is 0 Å². The number of benzene rings is 1. The van der Waals surface area contributed by atoms with Gasteiger partial charge in [0.1, 0.15) is 9.84 Å². The summed E-state index contributed by atoms with van der Waals surface area (Å²) in [6.07, 6.45) is 0.184. The highest BCUT2D eigenvalue weighted by Gasteiger charge is 2.39. The van der Waals surface area contributed by atoms with Crippen LogP contribution >= 0.6 is 0 Å². The summed E-state index contributed by atoms with van der Waals surface area (Å²) in [4.78, 5) is 16.6. The van der Waals surface area contributed by atoms with E-state index in [-0.39, 0.29) is 30.7 Å². The Hall–Kier alpha value is -2.42. The molecule has 9 heteroatoms. The number of hydrogen-bond donors (Lipinski definition) is 1. The first-order chi connectivity index (χ1) is 13.5. The second kappa shape index (κ2) is 8.14. The van der Waals surface area contributed by atoms with E-state index in [1.54, 1.807) is 24.3 Å². The molecule has 0 saturated carbocycles. The molecular weight excluding hydrogens is 405 g/mol. The number of carbonyl (C=O) groups is 1. The Labute approximate surface area is 166 Å². The van der Waals surface area contributed by atoms with Crippen molar-refractivity contribution in [3.8, 4) is 0 Å². The number of sulfone groups is 1. The van der Waals surface area contributed by atoms with Crippen LogP contribution in [-0.2, 0) is 9.84 Å². The van der Waals surface area contributed by atoms with E-state index in [4.69, 9.17) is 0 Å². The number of rotatable bonds is 5. The normalized spacial score (nSPS) is 17.8. The Balaban J connectivity index is 1.85. The molecule has 0 bridgehead atoms. The van der Waals surface area contributed by atoms with Crippen molar-refractivity contribution in [1.29, 1.82) is 0 Å². The summed E-state index contributed by atoms with van der Waals surface area (Å²) in [7, 11) is -3.19. The molecule has 3 rings (SSSR count). The summed E-state index contributed by atoms with van der Waals surface area (Å²) in [5.74, 6) is -1.94. The number of halogens is 3. The molecule has 2 aromatic rings. The fourth-order valence-electron chi connectivity index (χ4n) is 3.38. The fourth-order valence-corrected chi connectivity index (χ4v) is 3.85. The number of aromatic nitrogens is 1. The van der Waals surface area contributed by atoms with E-state index in [1.165, 1.54) is 6.20 Å². The third-order valence-electron chi connectivity index (χ3n) is 4.97. The number of nitrogens with one attached hydrogen (secondary N) is 1. The first kappa shape index (κ1) is 21.3. The number of pyridine rings is 1. The van der Waals surface area contributed by atoms with Gasteiger partial charge >= 0.3 is 6.18 Å². The Bertz CT molecular complexity index is 1060. The van der Waals surface area contributed by atoms with Crippen LogP contribution in [0.1, 0.15) is 35.2 Å².